The summed E-state index contributed by atoms with van der Waals surface area (Å²) in [7, 11) is 1.63. The predicted octanol–water partition coefficient (Wildman–Crippen LogP) is 4.68. The third kappa shape index (κ3) is 4.58. The molecule has 4 rings (SSSR count). The number of aromatic nitrogens is 2. The van der Waals surface area contributed by atoms with Gasteiger partial charge in [0.05, 0.1) is 7.11 Å². The van der Waals surface area contributed by atoms with E-state index in [1.54, 1.807) is 12.0 Å². The standard InChI is InChI=1S/C22H27N3O5/c1-22(2,3)29-21(26)25-9-7-14(8-10-25)11-19-23-20(30-24-19)18-13-15-12-16(27-4)5-6-17(15)28-18/h5-6,12-14H,7-11H2,1-4H3. The van der Waals surface area contributed by atoms with Gasteiger partial charge in [-0.05, 0) is 63.8 Å². The quantitative estimate of drug-likeness (QED) is 0.613. The lowest BCUT2D eigenvalue weighted by Gasteiger charge is -2.33. The Morgan fingerprint density at radius 3 is 2.70 bits per heavy atom. The zero-order valence-corrected chi connectivity index (χ0v) is 17.8. The summed E-state index contributed by atoms with van der Waals surface area (Å²) < 4.78 is 21.9. The minimum Gasteiger partial charge on any atom is -0.497 e. The van der Waals surface area contributed by atoms with Gasteiger partial charge in [0, 0.05) is 24.9 Å². The van der Waals surface area contributed by atoms with Crippen LogP contribution in [0.2, 0.25) is 0 Å². The Kier molecular flexibility index (Phi) is 5.40. The number of carbonyl (C=O) groups is 1. The van der Waals surface area contributed by atoms with E-state index in [9.17, 15) is 4.79 Å². The van der Waals surface area contributed by atoms with Crippen LogP contribution in [-0.4, -0.2) is 46.9 Å². The van der Waals surface area contributed by atoms with E-state index < -0.39 is 5.60 Å². The largest absolute Gasteiger partial charge is 0.497 e. The summed E-state index contributed by atoms with van der Waals surface area (Å²) in [5.41, 5.74) is 0.261. The SMILES string of the molecule is COc1ccc2oc(-c3nc(CC4CCN(C(=O)OC(C)(C)C)CC4)no3)cc2c1. The molecule has 1 aliphatic heterocycles. The van der Waals surface area contributed by atoms with Crippen molar-refractivity contribution < 1.29 is 23.2 Å². The van der Waals surface area contributed by atoms with Gasteiger partial charge >= 0.3 is 6.09 Å². The second-order valence-electron chi connectivity index (χ2n) is 8.65. The lowest BCUT2D eigenvalue weighted by atomic mass is 9.93. The van der Waals surface area contributed by atoms with Crippen molar-refractivity contribution in [1.82, 2.24) is 15.0 Å². The van der Waals surface area contributed by atoms with Gasteiger partial charge in [0.15, 0.2) is 11.6 Å². The minimum absolute atomic E-state index is 0.246. The Bertz CT molecular complexity index is 1020. The molecule has 1 aromatic carbocycles. The van der Waals surface area contributed by atoms with E-state index in [2.05, 4.69) is 10.1 Å². The van der Waals surface area contributed by atoms with E-state index in [1.165, 1.54) is 0 Å². The van der Waals surface area contributed by atoms with Gasteiger partial charge in [-0.1, -0.05) is 5.16 Å². The maximum atomic E-state index is 12.2. The van der Waals surface area contributed by atoms with E-state index in [0.29, 0.717) is 42.9 Å². The molecule has 2 aromatic heterocycles. The number of ether oxygens (including phenoxy) is 2. The molecule has 1 fully saturated rings. The first-order valence-electron chi connectivity index (χ1n) is 10.2. The van der Waals surface area contributed by atoms with E-state index in [4.69, 9.17) is 18.4 Å². The molecule has 0 N–H and O–H groups in total. The fraction of sp³-hybridized carbons (Fsp3) is 0.500. The molecule has 1 amide bonds. The number of piperidine rings is 1. The van der Waals surface area contributed by atoms with E-state index in [1.807, 2.05) is 45.0 Å². The number of furan rings is 1. The maximum absolute atomic E-state index is 12.2. The summed E-state index contributed by atoms with van der Waals surface area (Å²) in [5.74, 6) is 2.72. The highest BCUT2D eigenvalue weighted by atomic mass is 16.6. The first-order chi connectivity index (χ1) is 14.3. The van der Waals surface area contributed by atoms with Crippen LogP contribution in [0, 0.1) is 5.92 Å². The summed E-state index contributed by atoms with van der Waals surface area (Å²) in [6.07, 6.45) is 2.23. The van der Waals surface area contributed by atoms with E-state index in [-0.39, 0.29) is 6.09 Å². The van der Waals surface area contributed by atoms with Gasteiger partial charge in [-0.15, -0.1) is 0 Å². The highest BCUT2D eigenvalue weighted by molar-refractivity contribution is 5.82. The molecule has 0 bridgehead atoms. The Morgan fingerprint density at radius 1 is 1.23 bits per heavy atom. The molecule has 1 saturated heterocycles. The number of rotatable bonds is 4. The van der Waals surface area contributed by atoms with Gasteiger partial charge in [-0.3, -0.25) is 0 Å². The topological polar surface area (TPSA) is 90.8 Å². The summed E-state index contributed by atoms with van der Waals surface area (Å²) >= 11 is 0. The highest BCUT2D eigenvalue weighted by Gasteiger charge is 2.28. The fourth-order valence-electron chi connectivity index (χ4n) is 3.60. The number of amides is 1. The van der Waals surface area contributed by atoms with Crippen LogP contribution in [0.5, 0.6) is 5.75 Å². The van der Waals surface area contributed by atoms with Crippen molar-refractivity contribution in [2.75, 3.05) is 20.2 Å². The molecule has 0 spiro atoms. The fourth-order valence-corrected chi connectivity index (χ4v) is 3.60. The average Bonchev–Trinajstić information content (AvgIpc) is 3.33. The number of hydrogen-bond donors (Lipinski definition) is 0. The number of carbonyl (C=O) groups excluding carboxylic acids is 1. The summed E-state index contributed by atoms with van der Waals surface area (Å²) in [5, 5.41) is 5.03. The monoisotopic (exact) mass is 413 g/mol. The van der Waals surface area contributed by atoms with E-state index >= 15 is 0 Å². The van der Waals surface area contributed by atoms with Crippen LogP contribution in [0.4, 0.5) is 4.79 Å². The number of methoxy groups -OCH3 is 1. The Hall–Kier alpha value is -3.03. The van der Waals surface area contributed by atoms with Gasteiger partial charge in [-0.25, -0.2) is 4.79 Å². The first-order valence-corrected chi connectivity index (χ1v) is 10.2. The average molecular weight is 413 g/mol. The normalized spacial score (nSPS) is 15.5. The van der Waals surface area contributed by atoms with Crippen LogP contribution in [0.15, 0.2) is 33.2 Å². The van der Waals surface area contributed by atoms with Crippen LogP contribution in [-0.2, 0) is 11.2 Å². The van der Waals surface area contributed by atoms with Gasteiger partial charge in [-0.2, -0.15) is 4.98 Å². The van der Waals surface area contributed by atoms with Crippen molar-refractivity contribution in [3.8, 4) is 17.4 Å². The lowest BCUT2D eigenvalue weighted by Crippen LogP contribution is -2.42. The van der Waals surface area contributed by atoms with Gasteiger partial charge in [0.25, 0.3) is 5.89 Å². The third-order valence-electron chi connectivity index (χ3n) is 5.14. The number of nitrogens with zero attached hydrogens (tertiary/aromatic N) is 3. The first kappa shape index (κ1) is 20.3. The van der Waals surface area contributed by atoms with Crippen molar-refractivity contribution in [3.05, 3.63) is 30.1 Å². The lowest BCUT2D eigenvalue weighted by molar-refractivity contribution is 0.0183. The summed E-state index contributed by atoms with van der Waals surface area (Å²) in [6.45, 7) is 6.99. The van der Waals surface area contributed by atoms with Crippen molar-refractivity contribution in [2.45, 2.75) is 45.6 Å². The molecule has 1 aliphatic rings. The van der Waals surface area contributed by atoms with E-state index in [0.717, 1.165) is 29.6 Å². The second-order valence-corrected chi connectivity index (χ2v) is 8.65. The molecule has 0 radical (unpaired) electrons. The molecule has 0 unspecified atom stereocenters. The molecule has 160 valence electrons. The second kappa shape index (κ2) is 8.01. The molecule has 3 aromatic rings. The molecular formula is C22H27N3O5. The molecule has 8 heteroatoms. The zero-order valence-electron chi connectivity index (χ0n) is 17.8. The number of likely N-dealkylation sites (tertiary alicyclic amines) is 1. The highest BCUT2D eigenvalue weighted by Crippen LogP contribution is 2.30. The Morgan fingerprint density at radius 2 is 2.00 bits per heavy atom. The Balaban J connectivity index is 1.36. The van der Waals surface area contributed by atoms with Gasteiger partial charge in [0.1, 0.15) is 16.9 Å². The summed E-state index contributed by atoms with van der Waals surface area (Å²) in [4.78, 5) is 18.5. The minimum atomic E-state index is -0.475. The Labute approximate surface area is 175 Å². The molecule has 8 nitrogen and oxygen atoms in total. The molecule has 3 heterocycles. The molecule has 0 aliphatic carbocycles. The van der Waals surface area contributed by atoms with Crippen LogP contribution in [0.25, 0.3) is 22.6 Å². The molecule has 30 heavy (non-hydrogen) atoms. The smallest absolute Gasteiger partial charge is 0.410 e. The van der Waals surface area contributed by atoms with Crippen molar-refractivity contribution in [3.63, 3.8) is 0 Å². The molecular weight excluding hydrogens is 386 g/mol. The number of fused-ring (bicyclic) bond motifs is 1. The summed E-state index contributed by atoms with van der Waals surface area (Å²) in [6, 6.07) is 7.47. The zero-order chi connectivity index (χ0) is 21.3. The van der Waals surface area contributed by atoms with Crippen LogP contribution >= 0.6 is 0 Å². The van der Waals surface area contributed by atoms with Gasteiger partial charge < -0.3 is 23.3 Å². The predicted molar refractivity (Wildman–Crippen MR) is 110 cm³/mol. The van der Waals surface area contributed by atoms with Crippen LogP contribution in [0.3, 0.4) is 0 Å². The number of hydrogen-bond acceptors (Lipinski definition) is 7. The third-order valence-corrected chi connectivity index (χ3v) is 5.14. The van der Waals surface area contributed by atoms with Gasteiger partial charge in [0.2, 0.25) is 0 Å². The van der Waals surface area contributed by atoms with Crippen molar-refractivity contribution >= 4 is 17.1 Å². The maximum Gasteiger partial charge on any atom is 0.410 e. The van der Waals surface area contributed by atoms with Crippen molar-refractivity contribution in [1.29, 1.82) is 0 Å². The van der Waals surface area contributed by atoms with Crippen molar-refractivity contribution in [2.24, 2.45) is 5.92 Å². The van der Waals surface area contributed by atoms with Crippen LogP contribution in [0.1, 0.15) is 39.4 Å². The van der Waals surface area contributed by atoms with Crippen LogP contribution < -0.4 is 4.74 Å². The molecule has 0 atom stereocenters. The number of benzene rings is 1. The molecule has 0 saturated carbocycles.